The summed E-state index contributed by atoms with van der Waals surface area (Å²) in [6, 6.07) is 8.10. The molecular weight excluding hydrogens is 212 g/mol. The summed E-state index contributed by atoms with van der Waals surface area (Å²) >= 11 is 0. The molecule has 2 N–H and O–H groups in total. The Morgan fingerprint density at radius 1 is 1.35 bits per heavy atom. The summed E-state index contributed by atoms with van der Waals surface area (Å²) in [6.45, 7) is 4.94. The first-order chi connectivity index (χ1) is 8.11. The number of ether oxygens (including phenoxy) is 1. The summed E-state index contributed by atoms with van der Waals surface area (Å²) in [5.41, 5.74) is 6.66. The molecule has 0 radical (unpaired) electrons. The Balaban J connectivity index is 2.03. The SMILES string of the molecule is CN1CCCC(C)(Oc2ccc(CN)cc2)C1. The van der Waals surface area contributed by atoms with Crippen molar-refractivity contribution in [2.24, 2.45) is 5.73 Å². The van der Waals surface area contributed by atoms with E-state index in [0.29, 0.717) is 6.54 Å². The Hall–Kier alpha value is -1.06. The lowest BCUT2D eigenvalue weighted by molar-refractivity contribution is 0.0156. The highest BCUT2D eigenvalue weighted by Gasteiger charge is 2.31. The number of nitrogens with zero attached hydrogens (tertiary/aromatic N) is 1. The maximum absolute atomic E-state index is 6.13. The van der Waals surface area contributed by atoms with Crippen LogP contribution in [0.1, 0.15) is 25.3 Å². The first-order valence-corrected chi connectivity index (χ1v) is 6.28. The van der Waals surface area contributed by atoms with Gasteiger partial charge in [0, 0.05) is 13.1 Å². The van der Waals surface area contributed by atoms with E-state index in [0.717, 1.165) is 24.3 Å². The van der Waals surface area contributed by atoms with E-state index >= 15 is 0 Å². The smallest absolute Gasteiger partial charge is 0.120 e. The van der Waals surface area contributed by atoms with E-state index < -0.39 is 0 Å². The Bertz CT molecular complexity index is 363. The molecule has 1 aromatic carbocycles. The zero-order valence-corrected chi connectivity index (χ0v) is 10.8. The molecule has 3 nitrogen and oxygen atoms in total. The molecule has 0 aromatic heterocycles. The van der Waals surface area contributed by atoms with E-state index in [1.807, 2.05) is 24.3 Å². The highest BCUT2D eigenvalue weighted by Crippen LogP contribution is 2.26. The number of nitrogens with two attached hydrogens (primary N) is 1. The van der Waals surface area contributed by atoms with Crippen molar-refractivity contribution in [2.75, 3.05) is 20.1 Å². The standard InChI is InChI=1S/C14H22N2O/c1-14(8-3-9-16(2)11-14)17-13-6-4-12(10-15)5-7-13/h4-7H,3,8-11,15H2,1-2H3. The molecule has 17 heavy (non-hydrogen) atoms. The van der Waals surface area contributed by atoms with E-state index in [-0.39, 0.29) is 5.60 Å². The van der Waals surface area contributed by atoms with E-state index in [2.05, 4.69) is 18.9 Å². The summed E-state index contributed by atoms with van der Waals surface area (Å²) < 4.78 is 6.13. The molecule has 1 aromatic rings. The van der Waals surface area contributed by atoms with Crippen molar-refractivity contribution >= 4 is 0 Å². The van der Waals surface area contributed by atoms with Crippen LogP contribution in [0.4, 0.5) is 0 Å². The van der Waals surface area contributed by atoms with Crippen molar-refractivity contribution in [3.8, 4) is 5.75 Å². The average Bonchev–Trinajstić information content (AvgIpc) is 2.29. The van der Waals surface area contributed by atoms with Crippen LogP contribution < -0.4 is 10.5 Å². The van der Waals surface area contributed by atoms with Crippen molar-refractivity contribution < 1.29 is 4.74 Å². The van der Waals surface area contributed by atoms with Crippen LogP contribution in [0.5, 0.6) is 5.75 Å². The largest absolute Gasteiger partial charge is 0.486 e. The summed E-state index contributed by atoms with van der Waals surface area (Å²) in [7, 11) is 2.15. The van der Waals surface area contributed by atoms with Crippen LogP contribution >= 0.6 is 0 Å². The predicted octanol–water partition coefficient (Wildman–Crippen LogP) is 2.01. The quantitative estimate of drug-likeness (QED) is 0.869. The summed E-state index contributed by atoms with van der Waals surface area (Å²) in [5, 5.41) is 0. The Kier molecular flexibility index (Phi) is 3.69. The number of piperidine rings is 1. The minimum atomic E-state index is -0.0583. The number of rotatable bonds is 3. The third kappa shape index (κ3) is 3.20. The molecule has 0 amide bonds. The lowest BCUT2D eigenvalue weighted by Crippen LogP contribution is -2.48. The van der Waals surface area contributed by atoms with Gasteiger partial charge in [0.2, 0.25) is 0 Å². The molecule has 1 fully saturated rings. The van der Waals surface area contributed by atoms with Crippen LogP contribution in [0.25, 0.3) is 0 Å². The number of likely N-dealkylation sites (tertiary alicyclic amines) is 1. The molecule has 3 heteroatoms. The molecule has 0 aliphatic carbocycles. The van der Waals surface area contributed by atoms with Crippen LogP contribution in [-0.2, 0) is 6.54 Å². The van der Waals surface area contributed by atoms with Crippen molar-refractivity contribution in [1.29, 1.82) is 0 Å². The van der Waals surface area contributed by atoms with Crippen LogP contribution in [0.3, 0.4) is 0 Å². The normalized spacial score (nSPS) is 25.8. The molecule has 1 heterocycles. The minimum Gasteiger partial charge on any atom is -0.486 e. The summed E-state index contributed by atoms with van der Waals surface area (Å²) in [5.74, 6) is 0.944. The van der Waals surface area contributed by atoms with Gasteiger partial charge < -0.3 is 15.4 Å². The molecule has 1 aliphatic rings. The lowest BCUT2D eigenvalue weighted by Gasteiger charge is -2.39. The molecule has 1 aliphatic heterocycles. The van der Waals surface area contributed by atoms with Gasteiger partial charge in [-0.05, 0) is 51.1 Å². The summed E-state index contributed by atoms with van der Waals surface area (Å²) in [4.78, 5) is 2.33. The van der Waals surface area contributed by atoms with Crippen molar-refractivity contribution in [3.05, 3.63) is 29.8 Å². The van der Waals surface area contributed by atoms with Crippen LogP contribution in [0.15, 0.2) is 24.3 Å². The second-order valence-electron chi connectivity index (χ2n) is 5.24. The van der Waals surface area contributed by atoms with Crippen LogP contribution in [0, 0.1) is 0 Å². The summed E-state index contributed by atoms with van der Waals surface area (Å²) in [6.07, 6.45) is 2.32. The van der Waals surface area contributed by atoms with E-state index in [9.17, 15) is 0 Å². The van der Waals surface area contributed by atoms with Gasteiger partial charge >= 0.3 is 0 Å². The molecule has 2 rings (SSSR count). The predicted molar refractivity (Wildman–Crippen MR) is 70.1 cm³/mol. The molecule has 0 bridgehead atoms. The van der Waals surface area contributed by atoms with Crippen molar-refractivity contribution in [3.63, 3.8) is 0 Å². The molecule has 0 spiro atoms. The highest BCUT2D eigenvalue weighted by atomic mass is 16.5. The second-order valence-corrected chi connectivity index (χ2v) is 5.24. The monoisotopic (exact) mass is 234 g/mol. The maximum Gasteiger partial charge on any atom is 0.120 e. The maximum atomic E-state index is 6.13. The fourth-order valence-electron chi connectivity index (χ4n) is 2.51. The Morgan fingerprint density at radius 3 is 2.65 bits per heavy atom. The Morgan fingerprint density at radius 2 is 2.06 bits per heavy atom. The van der Waals surface area contributed by atoms with Gasteiger partial charge in [0.15, 0.2) is 0 Å². The minimum absolute atomic E-state index is 0.0583. The van der Waals surface area contributed by atoms with E-state index in [1.165, 1.54) is 13.0 Å². The van der Waals surface area contributed by atoms with Crippen molar-refractivity contribution in [2.45, 2.75) is 31.9 Å². The van der Waals surface area contributed by atoms with E-state index in [1.54, 1.807) is 0 Å². The van der Waals surface area contributed by atoms with Gasteiger partial charge in [-0.2, -0.15) is 0 Å². The third-order valence-electron chi connectivity index (χ3n) is 3.37. The van der Waals surface area contributed by atoms with Gasteiger partial charge in [0.1, 0.15) is 11.4 Å². The highest BCUT2D eigenvalue weighted by molar-refractivity contribution is 5.27. The zero-order chi connectivity index (χ0) is 12.3. The molecule has 1 saturated heterocycles. The van der Waals surface area contributed by atoms with Gasteiger partial charge in [0.25, 0.3) is 0 Å². The van der Waals surface area contributed by atoms with Gasteiger partial charge in [-0.15, -0.1) is 0 Å². The van der Waals surface area contributed by atoms with Gasteiger partial charge in [-0.3, -0.25) is 0 Å². The average molecular weight is 234 g/mol. The zero-order valence-electron chi connectivity index (χ0n) is 10.8. The van der Waals surface area contributed by atoms with E-state index in [4.69, 9.17) is 10.5 Å². The lowest BCUT2D eigenvalue weighted by atomic mass is 9.95. The second kappa shape index (κ2) is 5.07. The molecule has 1 unspecified atom stereocenters. The molecule has 1 atom stereocenters. The number of hydrogen-bond acceptors (Lipinski definition) is 3. The first kappa shape index (κ1) is 12.4. The molecule has 0 saturated carbocycles. The van der Waals surface area contributed by atoms with Crippen LogP contribution in [-0.4, -0.2) is 30.6 Å². The van der Waals surface area contributed by atoms with Gasteiger partial charge in [-0.25, -0.2) is 0 Å². The topological polar surface area (TPSA) is 38.5 Å². The molecular formula is C14H22N2O. The fourth-order valence-corrected chi connectivity index (χ4v) is 2.51. The van der Waals surface area contributed by atoms with Crippen LogP contribution in [0.2, 0.25) is 0 Å². The first-order valence-electron chi connectivity index (χ1n) is 6.28. The van der Waals surface area contributed by atoms with Crippen molar-refractivity contribution in [1.82, 2.24) is 4.90 Å². The number of hydrogen-bond donors (Lipinski definition) is 1. The number of benzene rings is 1. The van der Waals surface area contributed by atoms with Gasteiger partial charge in [-0.1, -0.05) is 12.1 Å². The number of likely N-dealkylation sites (N-methyl/N-ethyl adjacent to an activating group) is 1. The Labute approximate surface area is 104 Å². The molecule has 94 valence electrons. The van der Waals surface area contributed by atoms with Gasteiger partial charge in [0.05, 0.1) is 0 Å². The fraction of sp³-hybridized carbons (Fsp3) is 0.571. The third-order valence-corrected chi connectivity index (χ3v) is 3.37.